The first-order valence-electron chi connectivity index (χ1n) is 12.5. The van der Waals surface area contributed by atoms with Gasteiger partial charge in [0.05, 0.1) is 36.9 Å². The summed E-state index contributed by atoms with van der Waals surface area (Å²) in [5, 5.41) is 64.7. The lowest BCUT2D eigenvalue weighted by atomic mass is 9.84. The van der Waals surface area contributed by atoms with Gasteiger partial charge in [-0.3, -0.25) is 0 Å². The van der Waals surface area contributed by atoms with E-state index in [0.29, 0.717) is 0 Å². The first-order valence-corrected chi connectivity index (χ1v) is 12.5. The van der Waals surface area contributed by atoms with E-state index in [0.717, 1.165) is 0 Å². The Hall–Kier alpha value is -0.640. The van der Waals surface area contributed by atoms with Crippen LogP contribution in [0, 0.1) is 0 Å². The molecular weight excluding hydrogens is 498 g/mol. The molecule has 0 amide bonds. The molecule has 0 aromatic carbocycles. The van der Waals surface area contributed by atoms with E-state index in [2.05, 4.69) is 5.32 Å². The van der Waals surface area contributed by atoms with Crippen LogP contribution in [0.25, 0.3) is 0 Å². The number of hydrogen-bond acceptors (Lipinski definition) is 16. The van der Waals surface area contributed by atoms with E-state index in [-0.39, 0.29) is 12.8 Å². The largest absolute Gasteiger partial charge is 0.394 e. The highest BCUT2D eigenvalue weighted by atomic mass is 16.8. The highest BCUT2D eigenvalue weighted by Crippen LogP contribution is 2.35. The molecule has 3 heterocycles. The minimum Gasteiger partial charge on any atom is -0.394 e. The first-order chi connectivity index (χ1) is 17.5. The Labute approximate surface area is 213 Å². The van der Waals surface area contributed by atoms with Gasteiger partial charge in [-0.1, -0.05) is 0 Å². The Morgan fingerprint density at radius 2 is 1.43 bits per heavy atom. The highest BCUT2D eigenvalue weighted by molar-refractivity contribution is 5.01. The van der Waals surface area contributed by atoms with Crippen molar-refractivity contribution in [2.45, 2.75) is 117 Å². The zero-order chi connectivity index (χ0) is 27.2. The number of rotatable bonds is 6. The van der Waals surface area contributed by atoms with Crippen molar-refractivity contribution < 1.29 is 54.3 Å². The quantitative estimate of drug-likeness (QED) is 0.149. The molecule has 17 atom stereocenters. The molecular formula is C21H41N5O11. The van der Waals surface area contributed by atoms with Crippen LogP contribution in [0.15, 0.2) is 0 Å². The summed E-state index contributed by atoms with van der Waals surface area (Å²) in [5.74, 6) is 0. The van der Waals surface area contributed by atoms with Gasteiger partial charge in [0.25, 0.3) is 0 Å². The van der Waals surface area contributed by atoms with E-state index in [4.69, 9.17) is 46.6 Å². The van der Waals surface area contributed by atoms with Crippen LogP contribution in [0.5, 0.6) is 0 Å². The molecule has 4 fully saturated rings. The van der Waals surface area contributed by atoms with Crippen LogP contribution < -0.4 is 28.3 Å². The van der Waals surface area contributed by atoms with E-state index in [1.165, 1.54) is 0 Å². The van der Waals surface area contributed by atoms with E-state index in [9.17, 15) is 30.6 Å². The monoisotopic (exact) mass is 539 g/mol. The van der Waals surface area contributed by atoms with Gasteiger partial charge in [-0.15, -0.1) is 0 Å². The van der Waals surface area contributed by atoms with Crippen molar-refractivity contribution in [3.63, 3.8) is 0 Å². The molecule has 4 aliphatic rings. The summed E-state index contributed by atoms with van der Waals surface area (Å²) in [6.45, 7) is -0.508. The highest BCUT2D eigenvalue weighted by Gasteiger charge is 2.54. The fourth-order valence-corrected chi connectivity index (χ4v) is 5.46. The number of aliphatic hydroxyl groups is 6. The summed E-state index contributed by atoms with van der Waals surface area (Å²) in [6.07, 6.45) is -13.7. The molecule has 15 N–H and O–H groups in total. The van der Waals surface area contributed by atoms with Crippen LogP contribution in [-0.4, -0.2) is 148 Å². The summed E-state index contributed by atoms with van der Waals surface area (Å²) in [5.41, 5.74) is 24.0. The Bertz CT molecular complexity index is 756. The topological polar surface area (TPSA) is 284 Å². The lowest BCUT2D eigenvalue weighted by molar-refractivity contribution is -0.373. The zero-order valence-corrected chi connectivity index (χ0v) is 20.5. The standard InChI is InChI=1S/C21H41N5O11/c1-26-11-14(30)18-8(33-20(11)37-21-16(32)13(29)10(25)9(4-27)34-21)3-7(24)19(36-18)35-17-6(23)2-5(22)12(28)15(17)31/h5-21,26-32H,2-4,22-25H2,1H3/t5-,6+,7-,8+,9-,10+,11-,12-,13+,14+,15-,16+,17+,18-,19+,20+,21+/m0/s1. The number of hydrogen-bond donors (Lipinski definition) is 11. The van der Waals surface area contributed by atoms with Gasteiger partial charge < -0.3 is 82.6 Å². The Kier molecular flexibility index (Phi) is 9.40. The molecule has 216 valence electrons. The molecule has 0 spiro atoms. The second-order valence-electron chi connectivity index (χ2n) is 10.3. The summed E-state index contributed by atoms with van der Waals surface area (Å²) in [6, 6.07) is -4.05. The number of ether oxygens (including phenoxy) is 5. The molecule has 0 aromatic rings. The van der Waals surface area contributed by atoms with Crippen LogP contribution in [0.1, 0.15) is 12.8 Å². The van der Waals surface area contributed by atoms with E-state index in [1.807, 2.05) is 0 Å². The molecule has 0 aromatic heterocycles. The van der Waals surface area contributed by atoms with Gasteiger partial charge in [-0.2, -0.15) is 0 Å². The molecule has 0 unspecified atom stereocenters. The van der Waals surface area contributed by atoms with Gasteiger partial charge in [0, 0.05) is 12.1 Å². The summed E-state index contributed by atoms with van der Waals surface area (Å²) >= 11 is 0. The van der Waals surface area contributed by atoms with Crippen LogP contribution in [0.4, 0.5) is 0 Å². The summed E-state index contributed by atoms with van der Waals surface area (Å²) in [7, 11) is 1.55. The maximum absolute atomic E-state index is 11.1. The third kappa shape index (κ3) is 5.66. The van der Waals surface area contributed by atoms with Crippen LogP contribution in [-0.2, 0) is 23.7 Å². The smallest absolute Gasteiger partial charge is 0.189 e. The number of aliphatic hydroxyl groups excluding tert-OH is 6. The minimum atomic E-state index is -1.54. The Balaban J connectivity index is 1.43. The van der Waals surface area contributed by atoms with Gasteiger partial charge in [0.1, 0.15) is 42.7 Å². The molecule has 3 saturated heterocycles. The van der Waals surface area contributed by atoms with Crippen molar-refractivity contribution >= 4 is 0 Å². The summed E-state index contributed by atoms with van der Waals surface area (Å²) in [4.78, 5) is 0. The molecule has 1 saturated carbocycles. The Morgan fingerprint density at radius 3 is 2.08 bits per heavy atom. The maximum Gasteiger partial charge on any atom is 0.189 e. The average Bonchev–Trinajstić information content (AvgIpc) is 2.86. The Morgan fingerprint density at radius 1 is 0.730 bits per heavy atom. The number of likely N-dealkylation sites (N-methyl/N-ethyl adjacent to an activating group) is 1. The van der Waals surface area contributed by atoms with Gasteiger partial charge >= 0.3 is 0 Å². The predicted octanol–water partition coefficient (Wildman–Crippen LogP) is -6.95. The third-order valence-corrected chi connectivity index (χ3v) is 7.74. The normalized spacial score (nSPS) is 55.1. The first kappa shape index (κ1) is 29.3. The summed E-state index contributed by atoms with van der Waals surface area (Å²) < 4.78 is 29.2. The fourth-order valence-electron chi connectivity index (χ4n) is 5.46. The van der Waals surface area contributed by atoms with Crippen molar-refractivity contribution in [2.75, 3.05) is 13.7 Å². The molecule has 3 aliphatic heterocycles. The zero-order valence-electron chi connectivity index (χ0n) is 20.5. The van der Waals surface area contributed by atoms with E-state index >= 15 is 0 Å². The molecule has 4 rings (SSSR count). The van der Waals surface area contributed by atoms with E-state index < -0.39 is 111 Å². The number of fused-ring (bicyclic) bond motifs is 1. The van der Waals surface area contributed by atoms with Crippen molar-refractivity contribution in [1.29, 1.82) is 0 Å². The SMILES string of the molecule is CN[C@@H]1[C@@H](O[C@H]2O[C@@H](CO)[C@@H](N)[C@@H](O)[C@H]2O)O[C@@H]2C[C@H](N)[C@H](O[C@H]3[C@@H](O)[C@@H](O)[C@@H](N)C[C@H]3N)O[C@@H]2[C@@H]1O. The molecule has 16 heteroatoms. The van der Waals surface area contributed by atoms with Crippen molar-refractivity contribution in [3.05, 3.63) is 0 Å². The second-order valence-corrected chi connectivity index (χ2v) is 10.3. The van der Waals surface area contributed by atoms with E-state index in [1.54, 1.807) is 7.05 Å². The predicted molar refractivity (Wildman–Crippen MR) is 123 cm³/mol. The average molecular weight is 540 g/mol. The fraction of sp³-hybridized carbons (Fsp3) is 1.00. The van der Waals surface area contributed by atoms with Crippen molar-refractivity contribution in [3.8, 4) is 0 Å². The number of nitrogens with two attached hydrogens (primary N) is 4. The van der Waals surface area contributed by atoms with Crippen LogP contribution in [0.2, 0.25) is 0 Å². The molecule has 0 radical (unpaired) electrons. The molecule has 1 aliphatic carbocycles. The molecule has 0 bridgehead atoms. The lowest BCUT2D eigenvalue weighted by Gasteiger charge is -2.51. The number of nitrogens with one attached hydrogen (secondary N) is 1. The van der Waals surface area contributed by atoms with Gasteiger partial charge in [0.2, 0.25) is 0 Å². The molecule has 16 nitrogen and oxygen atoms in total. The van der Waals surface area contributed by atoms with Gasteiger partial charge in [-0.25, -0.2) is 0 Å². The minimum absolute atomic E-state index is 0.156. The van der Waals surface area contributed by atoms with Crippen LogP contribution >= 0.6 is 0 Å². The van der Waals surface area contributed by atoms with Gasteiger partial charge in [-0.05, 0) is 19.9 Å². The molecule has 37 heavy (non-hydrogen) atoms. The van der Waals surface area contributed by atoms with Crippen molar-refractivity contribution in [2.24, 2.45) is 22.9 Å². The lowest BCUT2D eigenvalue weighted by Crippen LogP contribution is -2.70. The van der Waals surface area contributed by atoms with Crippen molar-refractivity contribution in [1.82, 2.24) is 5.32 Å². The van der Waals surface area contributed by atoms with Gasteiger partial charge in [0.15, 0.2) is 18.9 Å². The third-order valence-electron chi connectivity index (χ3n) is 7.74. The maximum atomic E-state index is 11.1. The van der Waals surface area contributed by atoms with Crippen LogP contribution in [0.3, 0.4) is 0 Å². The second kappa shape index (κ2) is 11.8.